The number of aryl methyl sites for hydroxylation is 1. The van der Waals surface area contributed by atoms with E-state index < -0.39 is 0 Å². The number of carbonyl (C=O) groups is 2. The second kappa shape index (κ2) is 7.09. The van der Waals surface area contributed by atoms with Gasteiger partial charge in [-0.15, -0.1) is 0 Å². The monoisotopic (exact) mass is 340 g/mol. The Balaban J connectivity index is 1.83. The summed E-state index contributed by atoms with van der Waals surface area (Å²) >= 11 is 0. The Labute approximate surface area is 148 Å². The molecule has 2 heterocycles. The zero-order valence-electron chi connectivity index (χ0n) is 14.9. The van der Waals surface area contributed by atoms with Gasteiger partial charge in [0.2, 0.25) is 11.8 Å². The summed E-state index contributed by atoms with van der Waals surface area (Å²) in [5.41, 5.74) is 1.98. The molecule has 1 saturated heterocycles. The number of hydrogen-bond donors (Lipinski definition) is 0. The molecule has 1 aromatic heterocycles. The highest BCUT2D eigenvalue weighted by Crippen LogP contribution is 2.36. The van der Waals surface area contributed by atoms with E-state index in [2.05, 4.69) is 5.10 Å². The third-order valence-electron chi connectivity index (χ3n) is 5.02. The van der Waals surface area contributed by atoms with Gasteiger partial charge in [0, 0.05) is 33.8 Å². The van der Waals surface area contributed by atoms with E-state index in [1.165, 1.54) is 0 Å². The smallest absolute Gasteiger partial charge is 0.228 e. The van der Waals surface area contributed by atoms with Crippen molar-refractivity contribution >= 4 is 11.8 Å². The predicted molar refractivity (Wildman–Crippen MR) is 94.4 cm³/mol. The van der Waals surface area contributed by atoms with Gasteiger partial charge in [0.05, 0.1) is 24.2 Å². The summed E-state index contributed by atoms with van der Waals surface area (Å²) in [6.07, 6.45) is 2.72. The number of hydrogen-bond acceptors (Lipinski definition) is 3. The van der Waals surface area contributed by atoms with E-state index in [1.54, 1.807) is 27.7 Å². The molecule has 0 spiro atoms. The molecule has 0 N–H and O–H groups in total. The van der Waals surface area contributed by atoms with Gasteiger partial charge in [-0.3, -0.25) is 14.3 Å². The van der Waals surface area contributed by atoms with Crippen LogP contribution in [0.25, 0.3) is 0 Å². The molecule has 1 aliphatic rings. The average Bonchev–Trinajstić information content (AvgIpc) is 3.02. The van der Waals surface area contributed by atoms with Gasteiger partial charge in [0.15, 0.2) is 0 Å². The maximum Gasteiger partial charge on any atom is 0.228 e. The molecule has 6 nitrogen and oxygen atoms in total. The molecule has 2 amide bonds. The maximum atomic E-state index is 13.1. The van der Waals surface area contributed by atoms with Crippen molar-refractivity contribution in [1.82, 2.24) is 19.6 Å². The molecule has 2 atom stereocenters. The fourth-order valence-corrected chi connectivity index (χ4v) is 3.56. The Bertz CT molecular complexity index is 756. The SMILES string of the molecule is CN(Cc1ccnn1C)C(=O)C1CCC(=O)N(C)C1c1ccccc1. The van der Waals surface area contributed by atoms with Gasteiger partial charge in [-0.25, -0.2) is 0 Å². The second-order valence-electron chi connectivity index (χ2n) is 6.65. The number of benzene rings is 1. The first-order valence-corrected chi connectivity index (χ1v) is 8.51. The van der Waals surface area contributed by atoms with E-state index in [0.717, 1.165) is 11.3 Å². The van der Waals surface area contributed by atoms with E-state index in [-0.39, 0.29) is 23.8 Å². The van der Waals surface area contributed by atoms with Crippen molar-refractivity contribution in [3.05, 3.63) is 53.9 Å². The largest absolute Gasteiger partial charge is 0.340 e. The molecule has 3 rings (SSSR count). The zero-order chi connectivity index (χ0) is 18.0. The average molecular weight is 340 g/mol. The molecule has 6 heteroatoms. The van der Waals surface area contributed by atoms with Crippen LogP contribution in [0, 0.1) is 5.92 Å². The van der Waals surface area contributed by atoms with Crippen LogP contribution in [0.2, 0.25) is 0 Å². The molecule has 0 radical (unpaired) electrons. The Morgan fingerprint density at radius 3 is 2.60 bits per heavy atom. The van der Waals surface area contributed by atoms with Gasteiger partial charge in [0.25, 0.3) is 0 Å². The van der Waals surface area contributed by atoms with Crippen molar-refractivity contribution in [2.24, 2.45) is 13.0 Å². The number of rotatable bonds is 4. The van der Waals surface area contributed by atoms with Crippen LogP contribution in [0.1, 0.15) is 30.1 Å². The van der Waals surface area contributed by atoms with Gasteiger partial charge in [-0.2, -0.15) is 5.10 Å². The molecular weight excluding hydrogens is 316 g/mol. The summed E-state index contributed by atoms with van der Waals surface area (Å²) in [4.78, 5) is 28.8. The van der Waals surface area contributed by atoms with Gasteiger partial charge >= 0.3 is 0 Å². The minimum Gasteiger partial charge on any atom is -0.340 e. The summed E-state index contributed by atoms with van der Waals surface area (Å²) in [5.74, 6) is -0.0788. The van der Waals surface area contributed by atoms with E-state index in [1.807, 2.05) is 50.5 Å². The number of aromatic nitrogens is 2. The molecule has 1 fully saturated rings. The minimum absolute atomic E-state index is 0.0643. The first kappa shape index (κ1) is 17.2. The topological polar surface area (TPSA) is 58.4 Å². The van der Waals surface area contributed by atoms with Crippen molar-refractivity contribution in [2.75, 3.05) is 14.1 Å². The fourth-order valence-electron chi connectivity index (χ4n) is 3.56. The standard InChI is InChI=1S/C19H24N4O2/c1-21(13-15-11-12-20-23(15)3)19(25)16-9-10-17(24)22(2)18(16)14-7-5-4-6-8-14/h4-8,11-12,16,18H,9-10,13H2,1-3H3. The van der Waals surface area contributed by atoms with Crippen LogP contribution in [-0.2, 0) is 23.2 Å². The van der Waals surface area contributed by atoms with Crippen LogP contribution in [0.15, 0.2) is 42.6 Å². The third kappa shape index (κ3) is 3.43. The molecule has 25 heavy (non-hydrogen) atoms. The van der Waals surface area contributed by atoms with E-state index in [9.17, 15) is 9.59 Å². The lowest BCUT2D eigenvalue weighted by Crippen LogP contribution is -2.46. The lowest BCUT2D eigenvalue weighted by Gasteiger charge is -2.40. The Morgan fingerprint density at radius 1 is 1.24 bits per heavy atom. The molecule has 1 aromatic carbocycles. The van der Waals surface area contributed by atoms with E-state index in [0.29, 0.717) is 19.4 Å². The number of piperidine rings is 1. The maximum absolute atomic E-state index is 13.1. The van der Waals surface area contributed by atoms with Gasteiger partial charge in [0.1, 0.15) is 0 Å². The van der Waals surface area contributed by atoms with Crippen molar-refractivity contribution < 1.29 is 9.59 Å². The molecule has 0 bridgehead atoms. The lowest BCUT2D eigenvalue weighted by molar-refractivity contribution is -0.146. The Hall–Kier alpha value is -2.63. The number of nitrogens with zero attached hydrogens (tertiary/aromatic N) is 4. The van der Waals surface area contributed by atoms with E-state index >= 15 is 0 Å². The first-order valence-electron chi connectivity index (χ1n) is 8.51. The summed E-state index contributed by atoms with van der Waals surface area (Å²) in [6.45, 7) is 0.505. The Morgan fingerprint density at radius 2 is 1.96 bits per heavy atom. The highest BCUT2D eigenvalue weighted by molar-refractivity contribution is 5.84. The lowest BCUT2D eigenvalue weighted by atomic mass is 9.83. The van der Waals surface area contributed by atoms with Crippen LogP contribution < -0.4 is 0 Å². The van der Waals surface area contributed by atoms with Crippen LogP contribution >= 0.6 is 0 Å². The summed E-state index contributed by atoms with van der Waals surface area (Å²) in [6, 6.07) is 11.5. The molecule has 2 aromatic rings. The second-order valence-corrected chi connectivity index (χ2v) is 6.65. The zero-order valence-corrected chi connectivity index (χ0v) is 14.9. The molecular formula is C19H24N4O2. The molecule has 0 aliphatic carbocycles. The van der Waals surface area contributed by atoms with Crippen molar-refractivity contribution in [1.29, 1.82) is 0 Å². The highest BCUT2D eigenvalue weighted by Gasteiger charge is 2.39. The summed E-state index contributed by atoms with van der Waals surface area (Å²) in [5, 5.41) is 4.15. The van der Waals surface area contributed by atoms with E-state index in [4.69, 9.17) is 0 Å². The number of likely N-dealkylation sites (tertiary alicyclic amines) is 1. The predicted octanol–water partition coefficient (Wildman–Crippen LogP) is 1.99. The quantitative estimate of drug-likeness (QED) is 0.855. The van der Waals surface area contributed by atoms with Gasteiger partial charge in [-0.05, 0) is 18.1 Å². The summed E-state index contributed by atoms with van der Waals surface area (Å²) < 4.78 is 1.77. The van der Waals surface area contributed by atoms with Crippen molar-refractivity contribution in [3.8, 4) is 0 Å². The first-order chi connectivity index (χ1) is 12.0. The molecule has 0 saturated carbocycles. The molecule has 1 aliphatic heterocycles. The number of amides is 2. The van der Waals surface area contributed by atoms with Crippen molar-refractivity contribution in [2.45, 2.75) is 25.4 Å². The Kier molecular flexibility index (Phi) is 4.88. The van der Waals surface area contributed by atoms with Crippen molar-refractivity contribution in [3.63, 3.8) is 0 Å². The molecule has 132 valence electrons. The van der Waals surface area contributed by atoms with Gasteiger partial charge < -0.3 is 9.80 Å². The van der Waals surface area contributed by atoms with Crippen LogP contribution in [0.5, 0.6) is 0 Å². The highest BCUT2D eigenvalue weighted by atomic mass is 16.2. The normalized spacial score (nSPS) is 20.6. The third-order valence-corrected chi connectivity index (χ3v) is 5.02. The summed E-state index contributed by atoms with van der Waals surface area (Å²) in [7, 11) is 5.47. The van der Waals surface area contributed by atoms with Crippen LogP contribution in [-0.4, -0.2) is 45.5 Å². The van der Waals surface area contributed by atoms with Crippen LogP contribution in [0.4, 0.5) is 0 Å². The van der Waals surface area contributed by atoms with Crippen LogP contribution in [0.3, 0.4) is 0 Å². The minimum atomic E-state index is -0.233. The van der Waals surface area contributed by atoms with Gasteiger partial charge in [-0.1, -0.05) is 30.3 Å². The molecule has 2 unspecified atom stereocenters. The number of carbonyl (C=O) groups excluding carboxylic acids is 2. The fraction of sp³-hybridized carbons (Fsp3) is 0.421.